The minimum atomic E-state index is -1.61. The quantitative estimate of drug-likeness (QED) is 0.175. The number of primary amides is 1. The second-order valence-corrected chi connectivity index (χ2v) is 6.81. The summed E-state index contributed by atoms with van der Waals surface area (Å²) in [6.45, 7) is 4.47. The van der Waals surface area contributed by atoms with E-state index in [1.807, 2.05) is 19.2 Å². The first-order chi connectivity index (χ1) is 12.8. The molecule has 0 radical (unpaired) electrons. The van der Waals surface area contributed by atoms with Gasteiger partial charge in [-0.15, -0.1) is 0 Å². The Balaban J connectivity index is 4.81. The molecule has 12 heteroatoms. The molecular formula is C16H29N5O7. The Morgan fingerprint density at radius 2 is 1.57 bits per heavy atom. The molecule has 12 nitrogen and oxygen atoms in total. The number of carbonyl (C=O) groups is 5. The van der Waals surface area contributed by atoms with Gasteiger partial charge in [-0.25, -0.2) is 4.79 Å². The molecule has 0 heterocycles. The molecule has 4 atom stereocenters. The van der Waals surface area contributed by atoms with Crippen molar-refractivity contribution in [2.75, 3.05) is 6.54 Å². The van der Waals surface area contributed by atoms with Crippen molar-refractivity contribution in [2.45, 2.75) is 57.8 Å². The van der Waals surface area contributed by atoms with E-state index in [9.17, 15) is 29.1 Å². The summed E-state index contributed by atoms with van der Waals surface area (Å²) in [5.74, 6) is -4.65. The van der Waals surface area contributed by atoms with Crippen LogP contribution in [0.1, 0.15) is 33.6 Å². The number of amides is 4. The van der Waals surface area contributed by atoms with Gasteiger partial charge < -0.3 is 37.6 Å². The SMILES string of the molecule is CC(C)CC(N)C(=O)NCC(=O)NC(C(=O)NC(CC(N)=O)C(=O)O)C(C)O. The highest BCUT2D eigenvalue weighted by molar-refractivity contribution is 5.93. The Morgan fingerprint density at radius 1 is 1.00 bits per heavy atom. The van der Waals surface area contributed by atoms with Gasteiger partial charge in [0.2, 0.25) is 23.6 Å². The second kappa shape index (κ2) is 11.9. The van der Waals surface area contributed by atoms with E-state index < -0.39 is 66.8 Å². The van der Waals surface area contributed by atoms with Gasteiger partial charge in [-0.2, -0.15) is 0 Å². The van der Waals surface area contributed by atoms with Gasteiger partial charge in [-0.1, -0.05) is 13.8 Å². The third-order valence-corrected chi connectivity index (χ3v) is 3.59. The molecule has 0 rings (SSSR count). The van der Waals surface area contributed by atoms with Gasteiger partial charge in [0.05, 0.1) is 25.1 Å². The lowest BCUT2D eigenvalue weighted by Gasteiger charge is -2.23. The lowest BCUT2D eigenvalue weighted by molar-refractivity contribution is -0.144. The molecule has 0 bridgehead atoms. The Labute approximate surface area is 162 Å². The maximum Gasteiger partial charge on any atom is 0.326 e. The van der Waals surface area contributed by atoms with Crippen molar-refractivity contribution >= 4 is 29.6 Å². The van der Waals surface area contributed by atoms with E-state index in [4.69, 9.17) is 16.6 Å². The van der Waals surface area contributed by atoms with Crippen LogP contribution in [0.4, 0.5) is 0 Å². The van der Waals surface area contributed by atoms with Gasteiger partial charge in [-0.05, 0) is 19.3 Å². The molecule has 0 aromatic rings. The lowest BCUT2D eigenvalue weighted by atomic mass is 10.0. The van der Waals surface area contributed by atoms with Gasteiger partial charge in [0.15, 0.2) is 0 Å². The van der Waals surface area contributed by atoms with Crippen molar-refractivity contribution in [1.29, 1.82) is 0 Å². The predicted molar refractivity (Wildman–Crippen MR) is 97.4 cm³/mol. The second-order valence-electron chi connectivity index (χ2n) is 6.81. The number of aliphatic carboxylic acids is 1. The lowest BCUT2D eigenvalue weighted by Crippen LogP contribution is -2.57. The van der Waals surface area contributed by atoms with Crippen LogP contribution < -0.4 is 27.4 Å². The number of aliphatic hydroxyl groups excluding tert-OH is 1. The van der Waals surface area contributed by atoms with E-state index in [1.165, 1.54) is 6.92 Å². The molecule has 28 heavy (non-hydrogen) atoms. The third kappa shape index (κ3) is 9.83. The normalized spacial score (nSPS) is 15.1. The van der Waals surface area contributed by atoms with Crippen LogP contribution in [0.3, 0.4) is 0 Å². The monoisotopic (exact) mass is 403 g/mol. The van der Waals surface area contributed by atoms with Crippen molar-refractivity contribution in [3.63, 3.8) is 0 Å². The first-order valence-corrected chi connectivity index (χ1v) is 8.67. The van der Waals surface area contributed by atoms with Crippen molar-refractivity contribution in [3.05, 3.63) is 0 Å². The highest BCUT2D eigenvalue weighted by atomic mass is 16.4. The highest BCUT2D eigenvalue weighted by Gasteiger charge is 2.30. The van der Waals surface area contributed by atoms with Gasteiger partial charge in [0.1, 0.15) is 12.1 Å². The number of nitrogens with one attached hydrogen (secondary N) is 3. The third-order valence-electron chi connectivity index (χ3n) is 3.59. The standard InChI is InChI=1S/C16H29N5O7/c1-7(2)4-9(17)14(25)19-6-12(24)21-13(8(3)22)15(26)20-10(16(27)28)5-11(18)23/h7-10,13,22H,4-6,17H2,1-3H3,(H2,18,23)(H,19,25)(H,20,26)(H,21,24)(H,27,28). The van der Waals surface area contributed by atoms with Gasteiger partial charge in [0, 0.05) is 0 Å². The number of nitrogens with two attached hydrogens (primary N) is 2. The molecule has 0 aliphatic rings. The predicted octanol–water partition coefficient (Wildman–Crippen LogP) is -3.21. The van der Waals surface area contributed by atoms with Gasteiger partial charge in [-0.3, -0.25) is 19.2 Å². The van der Waals surface area contributed by atoms with Crippen LogP contribution in [-0.2, 0) is 24.0 Å². The molecule has 4 amide bonds. The average molecular weight is 403 g/mol. The molecule has 9 N–H and O–H groups in total. The molecule has 0 spiro atoms. The summed E-state index contributed by atoms with van der Waals surface area (Å²) in [6, 6.07) is -3.92. The first kappa shape index (κ1) is 25.3. The van der Waals surface area contributed by atoms with E-state index in [2.05, 4.69) is 10.6 Å². The van der Waals surface area contributed by atoms with E-state index in [1.54, 1.807) is 0 Å². The molecule has 0 saturated heterocycles. The number of rotatable bonds is 12. The van der Waals surface area contributed by atoms with Crippen LogP contribution in [0.15, 0.2) is 0 Å². The van der Waals surface area contributed by atoms with E-state index in [0.29, 0.717) is 6.42 Å². The molecule has 0 aliphatic carbocycles. The zero-order chi connectivity index (χ0) is 22.0. The van der Waals surface area contributed by atoms with E-state index in [0.717, 1.165) is 0 Å². The van der Waals surface area contributed by atoms with Crippen molar-refractivity contribution < 1.29 is 34.2 Å². The first-order valence-electron chi connectivity index (χ1n) is 8.67. The van der Waals surface area contributed by atoms with Gasteiger partial charge >= 0.3 is 5.97 Å². The van der Waals surface area contributed by atoms with E-state index in [-0.39, 0.29) is 5.92 Å². The van der Waals surface area contributed by atoms with Gasteiger partial charge in [0.25, 0.3) is 0 Å². The number of carbonyl (C=O) groups excluding carboxylic acids is 4. The number of aliphatic hydroxyl groups is 1. The summed E-state index contributed by atoms with van der Waals surface area (Å²) in [4.78, 5) is 57.9. The van der Waals surface area contributed by atoms with Crippen LogP contribution in [0.2, 0.25) is 0 Å². The highest BCUT2D eigenvalue weighted by Crippen LogP contribution is 2.02. The molecule has 160 valence electrons. The molecule has 4 unspecified atom stereocenters. The fraction of sp³-hybridized carbons (Fsp3) is 0.688. The van der Waals surface area contributed by atoms with Crippen molar-refractivity contribution in [2.24, 2.45) is 17.4 Å². The fourth-order valence-electron chi connectivity index (χ4n) is 2.21. The molecule has 0 aromatic heterocycles. The summed E-state index contributed by atoms with van der Waals surface area (Å²) in [7, 11) is 0. The summed E-state index contributed by atoms with van der Waals surface area (Å²) >= 11 is 0. The number of carboxylic acid groups (broad SMARTS) is 1. The number of hydrogen-bond donors (Lipinski definition) is 7. The topological polar surface area (TPSA) is 214 Å². The number of carboxylic acids is 1. The van der Waals surface area contributed by atoms with Crippen molar-refractivity contribution in [3.8, 4) is 0 Å². The van der Waals surface area contributed by atoms with Crippen LogP contribution in [0, 0.1) is 5.92 Å². The molecule has 0 saturated carbocycles. The summed E-state index contributed by atoms with van der Waals surface area (Å²) in [5.41, 5.74) is 10.6. The zero-order valence-electron chi connectivity index (χ0n) is 16.1. The maximum atomic E-state index is 12.2. The largest absolute Gasteiger partial charge is 0.480 e. The Kier molecular flexibility index (Phi) is 10.7. The molecule has 0 aromatic carbocycles. The summed E-state index contributed by atoms with van der Waals surface area (Å²) in [6.07, 6.45) is -1.63. The maximum absolute atomic E-state index is 12.2. The van der Waals surface area contributed by atoms with Crippen LogP contribution >= 0.6 is 0 Å². The Bertz CT molecular complexity index is 594. The molecule has 0 fully saturated rings. The Morgan fingerprint density at radius 3 is 2.00 bits per heavy atom. The fourth-order valence-corrected chi connectivity index (χ4v) is 2.21. The van der Waals surface area contributed by atoms with E-state index >= 15 is 0 Å². The molecule has 0 aliphatic heterocycles. The Hall–Kier alpha value is -2.73. The van der Waals surface area contributed by atoms with Crippen LogP contribution in [-0.4, -0.2) is 70.6 Å². The molecular weight excluding hydrogens is 374 g/mol. The summed E-state index contributed by atoms with van der Waals surface area (Å²) in [5, 5.41) is 25.2. The smallest absolute Gasteiger partial charge is 0.326 e. The number of hydrogen-bond acceptors (Lipinski definition) is 7. The van der Waals surface area contributed by atoms with Crippen molar-refractivity contribution in [1.82, 2.24) is 16.0 Å². The average Bonchev–Trinajstić information content (AvgIpc) is 2.55. The minimum absolute atomic E-state index is 0.181. The zero-order valence-corrected chi connectivity index (χ0v) is 16.1. The van der Waals surface area contributed by atoms with Crippen LogP contribution in [0.5, 0.6) is 0 Å². The minimum Gasteiger partial charge on any atom is -0.480 e. The summed E-state index contributed by atoms with van der Waals surface area (Å²) < 4.78 is 0. The van der Waals surface area contributed by atoms with Crippen LogP contribution in [0.25, 0.3) is 0 Å².